The first-order valence-electron chi connectivity index (χ1n) is 7.00. The highest BCUT2D eigenvalue weighted by Gasteiger charge is 2.26. The van der Waals surface area contributed by atoms with Gasteiger partial charge in [-0.25, -0.2) is 9.10 Å². The Kier molecular flexibility index (Phi) is 5.57. The van der Waals surface area contributed by atoms with E-state index >= 15 is 0 Å². The molecule has 1 fully saturated rings. The van der Waals surface area contributed by atoms with Crippen molar-refractivity contribution in [1.82, 2.24) is 9.21 Å². The molecule has 1 aromatic rings. The van der Waals surface area contributed by atoms with Crippen LogP contribution in [0, 0.1) is 0 Å². The molecule has 0 unspecified atom stereocenters. The molecule has 116 valence electrons. The number of hydrogen-bond acceptors (Lipinski definition) is 4. The monoisotopic (exact) mass is 372 g/mol. The second-order valence-electron chi connectivity index (χ2n) is 5.94. The summed E-state index contributed by atoms with van der Waals surface area (Å²) >= 11 is 5.17. The predicted molar refractivity (Wildman–Crippen MR) is 89.4 cm³/mol. The van der Waals surface area contributed by atoms with E-state index in [1.165, 1.54) is 4.90 Å². The molecule has 0 bridgehead atoms. The molecule has 0 atom stereocenters. The summed E-state index contributed by atoms with van der Waals surface area (Å²) in [6, 6.07) is 8.27. The number of amides is 1. The molecule has 1 heterocycles. The maximum absolute atomic E-state index is 12.0. The van der Waals surface area contributed by atoms with E-state index in [1.54, 1.807) is 16.8 Å². The molecule has 4 nitrogen and oxygen atoms in total. The molecule has 0 N–H and O–H groups in total. The molecule has 0 aromatic heterocycles. The zero-order valence-corrected chi connectivity index (χ0v) is 15.0. The number of hydrogen-bond donors (Lipinski definition) is 0. The van der Waals surface area contributed by atoms with Crippen LogP contribution in [0.1, 0.15) is 20.8 Å². The topological polar surface area (TPSA) is 32.8 Å². The van der Waals surface area contributed by atoms with Crippen molar-refractivity contribution in [2.24, 2.45) is 0 Å². The highest BCUT2D eigenvalue weighted by atomic mass is 79.9. The minimum absolute atomic E-state index is 0.212. The van der Waals surface area contributed by atoms with Gasteiger partial charge in [0.25, 0.3) is 0 Å². The molecule has 1 saturated heterocycles. The lowest BCUT2D eigenvalue weighted by Crippen LogP contribution is -2.47. The smallest absolute Gasteiger partial charge is 0.410 e. The van der Waals surface area contributed by atoms with Crippen LogP contribution < -0.4 is 0 Å². The maximum atomic E-state index is 12.0. The normalized spacial score (nSPS) is 16.9. The summed E-state index contributed by atoms with van der Waals surface area (Å²) in [7, 11) is 0. The molecule has 0 saturated carbocycles. The van der Waals surface area contributed by atoms with E-state index < -0.39 is 5.60 Å². The number of halogens is 1. The van der Waals surface area contributed by atoms with Crippen LogP contribution in [0.15, 0.2) is 33.6 Å². The minimum Gasteiger partial charge on any atom is -0.444 e. The summed E-state index contributed by atoms with van der Waals surface area (Å²) < 4.78 is 8.77. The number of carbonyl (C=O) groups excluding carboxylic acids is 1. The number of carbonyl (C=O) groups is 1. The van der Waals surface area contributed by atoms with Gasteiger partial charge in [0.15, 0.2) is 0 Å². The van der Waals surface area contributed by atoms with Crippen molar-refractivity contribution < 1.29 is 9.53 Å². The van der Waals surface area contributed by atoms with Gasteiger partial charge in [-0.2, -0.15) is 0 Å². The van der Waals surface area contributed by atoms with Crippen molar-refractivity contribution in [3.05, 3.63) is 28.7 Å². The number of rotatable bonds is 2. The zero-order valence-electron chi connectivity index (χ0n) is 12.6. The summed E-state index contributed by atoms with van der Waals surface area (Å²) in [6.45, 7) is 8.79. The van der Waals surface area contributed by atoms with Crippen molar-refractivity contribution in [3.8, 4) is 0 Å². The Morgan fingerprint density at radius 2 is 1.71 bits per heavy atom. The zero-order chi connectivity index (χ0) is 15.5. The van der Waals surface area contributed by atoms with Crippen LogP contribution >= 0.6 is 27.9 Å². The van der Waals surface area contributed by atoms with Crippen LogP contribution in [0.3, 0.4) is 0 Å². The molecule has 6 heteroatoms. The van der Waals surface area contributed by atoms with Crippen molar-refractivity contribution in [2.75, 3.05) is 26.2 Å². The third-order valence-corrected chi connectivity index (χ3v) is 4.57. The second kappa shape index (κ2) is 7.03. The molecule has 2 rings (SSSR count). The fourth-order valence-corrected chi connectivity index (χ4v) is 3.10. The molecule has 0 aliphatic carbocycles. The third-order valence-electron chi connectivity index (χ3n) is 2.94. The van der Waals surface area contributed by atoms with Gasteiger partial charge in [-0.05, 0) is 57.0 Å². The van der Waals surface area contributed by atoms with Crippen molar-refractivity contribution in [3.63, 3.8) is 0 Å². The van der Waals surface area contributed by atoms with Crippen molar-refractivity contribution in [2.45, 2.75) is 31.3 Å². The van der Waals surface area contributed by atoms with E-state index in [0.29, 0.717) is 13.1 Å². The Morgan fingerprint density at radius 1 is 1.14 bits per heavy atom. The van der Waals surface area contributed by atoms with E-state index in [4.69, 9.17) is 4.74 Å². The van der Waals surface area contributed by atoms with Crippen LogP contribution in [-0.4, -0.2) is 47.1 Å². The molecule has 21 heavy (non-hydrogen) atoms. The van der Waals surface area contributed by atoms with Crippen LogP contribution in [-0.2, 0) is 4.74 Å². The number of ether oxygens (including phenoxy) is 1. The van der Waals surface area contributed by atoms with Gasteiger partial charge in [0, 0.05) is 35.5 Å². The quantitative estimate of drug-likeness (QED) is 0.734. The van der Waals surface area contributed by atoms with E-state index in [9.17, 15) is 4.79 Å². The molecule has 1 aliphatic heterocycles. The molecule has 0 spiro atoms. The van der Waals surface area contributed by atoms with E-state index in [-0.39, 0.29) is 6.09 Å². The Labute approximate surface area is 139 Å². The Hall–Kier alpha value is -0.720. The summed E-state index contributed by atoms with van der Waals surface area (Å²) in [5, 5.41) is 0. The number of piperazine rings is 1. The Morgan fingerprint density at radius 3 is 2.24 bits per heavy atom. The first kappa shape index (κ1) is 16.6. The summed E-state index contributed by atoms with van der Waals surface area (Å²) in [5.41, 5.74) is -0.430. The van der Waals surface area contributed by atoms with Crippen LogP contribution in [0.2, 0.25) is 0 Å². The number of benzene rings is 1. The minimum atomic E-state index is -0.430. The van der Waals surface area contributed by atoms with E-state index in [1.807, 2.05) is 32.9 Å². The van der Waals surface area contributed by atoms with Gasteiger partial charge in [-0.3, -0.25) is 0 Å². The lowest BCUT2D eigenvalue weighted by Gasteiger charge is -2.34. The van der Waals surface area contributed by atoms with Gasteiger partial charge < -0.3 is 9.64 Å². The number of nitrogens with zero attached hydrogens (tertiary/aromatic N) is 2. The second-order valence-corrected chi connectivity index (χ2v) is 8.03. The van der Waals surface area contributed by atoms with Gasteiger partial charge in [0.1, 0.15) is 5.60 Å². The first-order valence-corrected chi connectivity index (χ1v) is 8.56. The maximum Gasteiger partial charge on any atom is 0.410 e. The van der Waals surface area contributed by atoms with Crippen LogP contribution in [0.4, 0.5) is 4.79 Å². The molecule has 1 amide bonds. The van der Waals surface area contributed by atoms with E-state index in [0.717, 1.165) is 17.6 Å². The standard InChI is InChI=1S/C15H21BrN2O2S/c1-15(2,3)20-14(19)17-8-10-18(11-9-17)21-13-6-4-12(16)5-7-13/h4-7H,8-11H2,1-3H3. The largest absolute Gasteiger partial charge is 0.444 e. The highest BCUT2D eigenvalue weighted by molar-refractivity contribution is 9.10. The Bertz CT molecular complexity index is 479. The molecular formula is C15H21BrN2O2S. The average Bonchev–Trinajstić information content (AvgIpc) is 2.40. The molecule has 1 aromatic carbocycles. The van der Waals surface area contributed by atoms with Gasteiger partial charge in [0.05, 0.1) is 0 Å². The van der Waals surface area contributed by atoms with Crippen molar-refractivity contribution in [1.29, 1.82) is 0 Å². The van der Waals surface area contributed by atoms with Gasteiger partial charge >= 0.3 is 6.09 Å². The molecule has 0 radical (unpaired) electrons. The van der Waals surface area contributed by atoms with Crippen LogP contribution in [0.25, 0.3) is 0 Å². The summed E-state index contributed by atoms with van der Waals surface area (Å²) in [4.78, 5) is 15.0. The van der Waals surface area contributed by atoms with Crippen LogP contribution in [0.5, 0.6) is 0 Å². The third kappa shape index (κ3) is 5.52. The average molecular weight is 373 g/mol. The predicted octanol–water partition coefficient (Wildman–Crippen LogP) is 4.01. The highest BCUT2D eigenvalue weighted by Crippen LogP contribution is 2.25. The van der Waals surface area contributed by atoms with Gasteiger partial charge in [-0.15, -0.1) is 0 Å². The summed E-state index contributed by atoms with van der Waals surface area (Å²) in [6.07, 6.45) is -0.212. The van der Waals surface area contributed by atoms with E-state index in [2.05, 4.69) is 32.4 Å². The Balaban J connectivity index is 1.80. The molecular weight excluding hydrogens is 352 g/mol. The van der Waals surface area contributed by atoms with Gasteiger partial charge in [0.2, 0.25) is 0 Å². The fraction of sp³-hybridized carbons (Fsp3) is 0.533. The lowest BCUT2D eigenvalue weighted by atomic mass is 10.2. The van der Waals surface area contributed by atoms with Gasteiger partial charge in [-0.1, -0.05) is 15.9 Å². The van der Waals surface area contributed by atoms with Crippen molar-refractivity contribution >= 4 is 34.0 Å². The SMILES string of the molecule is CC(C)(C)OC(=O)N1CCN(Sc2ccc(Br)cc2)CC1. The fourth-order valence-electron chi connectivity index (χ4n) is 1.93. The lowest BCUT2D eigenvalue weighted by molar-refractivity contribution is 0.0197. The molecule has 1 aliphatic rings. The first-order chi connectivity index (χ1) is 9.83. The summed E-state index contributed by atoms with van der Waals surface area (Å²) in [5.74, 6) is 0.